The fourth-order valence-electron chi connectivity index (χ4n) is 2.82. The molecular weight excluding hydrogens is 348 g/mol. The molecule has 2 aromatic carbocycles. The lowest BCUT2D eigenvalue weighted by molar-refractivity contribution is -0.143. The minimum absolute atomic E-state index is 0.105. The van der Waals surface area contributed by atoms with E-state index < -0.39 is 17.8 Å². The summed E-state index contributed by atoms with van der Waals surface area (Å²) >= 11 is 0. The summed E-state index contributed by atoms with van der Waals surface area (Å²) in [5, 5.41) is 0. The van der Waals surface area contributed by atoms with Crippen LogP contribution in [0, 0.1) is 0 Å². The lowest BCUT2D eigenvalue weighted by Gasteiger charge is -2.32. The molecule has 3 rings (SSSR count). The molecule has 1 heterocycles. The van der Waals surface area contributed by atoms with Crippen molar-refractivity contribution in [2.45, 2.75) is 19.5 Å². The number of carbonyl (C=O) groups excluding carboxylic acids is 3. The summed E-state index contributed by atoms with van der Waals surface area (Å²) in [5.41, 5.74) is 1.55. The third-order valence-corrected chi connectivity index (χ3v) is 4.37. The number of urea groups is 1. The van der Waals surface area contributed by atoms with Crippen molar-refractivity contribution in [3.8, 4) is 11.5 Å². The number of hydrogen-bond acceptors (Lipinski definition) is 5. The van der Waals surface area contributed by atoms with Gasteiger partial charge in [-0.05, 0) is 35.4 Å². The van der Waals surface area contributed by atoms with Crippen molar-refractivity contribution < 1.29 is 23.9 Å². The summed E-state index contributed by atoms with van der Waals surface area (Å²) in [4.78, 5) is 39.5. The maximum atomic E-state index is 12.8. The predicted molar refractivity (Wildman–Crippen MR) is 97.1 cm³/mol. The molecule has 0 N–H and O–H groups in total. The van der Waals surface area contributed by atoms with Gasteiger partial charge in [0.15, 0.2) is 0 Å². The van der Waals surface area contributed by atoms with Gasteiger partial charge in [0.2, 0.25) is 11.8 Å². The highest BCUT2D eigenvalue weighted by molar-refractivity contribution is 6.13. The lowest BCUT2D eigenvalue weighted by Crippen LogP contribution is -2.54. The lowest BCUT2D eigenvalue weighted by atomic mass is 10.1. The minimum atomic E-state index is -0.608. The van der Waals surface area contributed by atoms with Gasteiger partial charge in [-0.3, -0.25) is 19.4 Å². The Bertz CT molecular complexity index is 776. The normalized spacial score (nSPS) is 14.5. The van der Waals surface area contributed by atoms with Crippen LogP contribution in [-0.4, -0.2) is 41.9 Å². The Morgan fingerprint density at radius 1 is 0.704 bits per heavy atom. The van der Waals surface area contributed by atoms with Crippen LogP contribution >= 0.6 is 0 Å². The van der Waals surface area contributed by atoms with Crippen molar-refractivity contribution in [1.29, 1.82) is 0 Å². The number of hydrogen-bond donors (Lipinski definition) is 0. The first kappa shape index (κ1) is 18.4. The van der Waals surface area contributed by atoms with Crippen molar-refractivity contribution in [3.05, 3.63) is 59.7 Å². The smallest absolute Gasteiger partial charge is 0.334 e. The van der Waals surface area contributed by atoms with Crippen LogP contribution in [0.2, 0.25) is 0 Å². The Balaban J connectivity index is 1.75. The largest absolute Gasteiger partial charge is 0.497 e. The average molecular weight is 368 g/mol. The van der Waals surface area contributed by atoms with Gasteiger partial charge in [0.1, 0.15) is 17.9 Å². The van der Waals surface area contributed by atoms with Crippen LogP contribution in [0.15, 0.2) is 48.5 Å². The Morgan fingerprint density at radius 3 is 1.41 bits per heavy atom. The number of carbonyl (C=O) groups is 3. The Labute approximate surface area is 157 Å². The molecule has 140 valence electrons. The van der Waals surface area contributed by atoms with Crippen LogP contribution in [0.5, 0.6) is 11.5 Å². The number of barbiturate groups is 1. The zero-order valence-electron chi connectivity index (χ0n) is 15.2. The topological polar surface area (TPSA) is 76.2 Å². The monoisotopic (exact) mass is 368 g/mol. The van der Waals surface area contributed by atoms with Gasteiger partial charge in [-0.25, -0.2) is 4.79 Å². The van der Waals surface area contributed by atoms with Crippen LogP contribution in [0.25, 0.3) is 0 Å². The third kappa shape index (κ3) is 4.08. The van der Waals surface area contributed by atoms with E-state index in [0.717, 1.165) is 20.9 Å². The fraction of sp³-hybridized carbons (Fsp3) is 0.250. The fourth-order valence-corrected chi connectivity index (χ4v) is 2.82. The first-order chi connectivity index (χ1) is 13.0. The molecule has 4 amide bonds. The zero-order chi connectivity index (χ0) is 19.4. The highest BCUT2D eigenvalue weighted by atomic mass is 16.5. The van der Waals surface area contributed by atoms with Gasteiger partial charge < -0.3 is 9.47 Å². The second-order valence-electron chi connectivity index (χ2n) is 6.12. The quantitative estimate of drug-likeness (QED) is 0.733. The molecule has 27 heavy (non-hydrogen) atoms. The summed E-state index contributed by atoms with van der Waals surface area (Å²) in [7, 11) is 3.13. The zero-order valence-corrected chi connectivity index (χ0v) is 15.2. The second kappa shape index (κ2) is 7.90. The van der Waals surface area contributed by atoms with E-state index in [0.29, 0.717) is 11.5 Å². The summed E-state index contributed by atoms with van der Waals surface area (Å²) in [6, 6.07) is 13.6. The summed E-state index contributed by atoms with van der Waals surface area (Å²) < 4.78 is 10.2. The van der Waals surface area contributed by atoms with Crippen molar-refractivity contribution in [1.82, 2.24) is 9.80 Å². The van der Waals surface area contributed by atoms with E-state index >= 15 is 0 Å². The van der Waals surface area contributed by atoms with Crippen LogP contribution in [-0.2, 0) is 22.7 Å². The van der Waals surface area contributed by atoms with Gasteiger partial charge in [0, 0.05) is 0 Å². The number of rotatable bonds is 6. The van der Waals surface area contributed by atoms with Crippen molar-refractivity contribution in [3.63, 3.8) is 0 Å². The van der Waals surface area contributed by atoms with Crippen molar-refractivity contribution in [2.75, 3.05) is 14.2 Å². The Morgan fingerprint density at radius 2 is 1.07 bits per heavy atom. The first-order valence-corrected chi connectivity index (χ1v) is 8.42. The van der Waals surface area contributed by atoms with E-state index in [4.69, 9.17) is 9.47 Å². The van der Waals surface area contributed by atoms with Crippen LogP contribution in [0.1, 0.15) is 17.5 Å². The predicted octanol–water partition coefficient (Wildman–Crippen LogP) is 2.58. The summed E-state index contributed by atoms with van der Waals surface area (Å²) in [6.07, 6.45) is -0.321. The van der Waals surface area contributed by atoms with Gasteiger partial charge >= 0.3 is 6.03 Å². The van der Waals surface area contributed by atoms with Crippen molar-refractivity contribution >= 4 is 17.8 Å². The number of ether oxygens (including phenoxy) is 2. The highest BCUT2D eigenvalue weighted by Crippen LogP contribution is 2.21. The number of nitrogens with zero attached hydrogens (tertiary/aromatic N) is 2. The maximum absolute atomic E-state index is 12.8. The average Bonchev–Trinajstić information content (AvgIpc) is 2.69. The van der Waals surface area contributed by atoms with E-state index in [2.05, 4.69) is 0 Å². The summed E-state index contributed by atoms with van der Waals surface area (Å²) in [5.74, 6) is 0.385. The molecule has 7 nitrogen and oxygen atoms in total. The molecule has 0 bridgehead atoms. The molecule has 1 aliphatic heterocycles. The molecule has 1 aliphatic rings. The molecule has 0 spiro atoms. The molecule has 1 saturated heterocycles. The van der Waals surface area contributed by atoms with E-state index in [1.54, 1.807) is 62.8 Å². The van der Waals surface area contributed by atoms with E-state index in [1.165, 1.54) is 0 Å². The standard InChI is InChI=1S/C20H20N2O5/c1-26-16-7-3-14(4-8-16)12-21-18(23)11-19(24)22(20(21)25)13-15-5-9-17(27-2)10-6-15/h3-10H,11-13H2,1-2H3. The van der Waals surface area contributed by atoms with Gasteiger partial charge in [-0.2, -0.15) is 0 Å². The van der Waals surface area contributed by atoms with E-state index in [1.807, 2.05) is 0 Å². The maximum Gasteiger partial charge on any atom is 0.334 e. The molecule has 0 unspecified atom stereocenters. The van der Waals surface area contributed by atoms with Gasteiger partial charge in [-0.15, -0.1) is 0 Å². The molecule has 7 heteroatoms. The number of benzene rings is 2. The number of imide groups is 2. The minimum Gasteiger partial charge on any atom is -0.497 e. The molecule has 0 aromatic heterocycles. The Kier molecular flexibility index (Phi) is 5.40. The van der Waals surface area contributed by atoms with Crippen molar-refractivity contribution in [2.24, 2.45) is 0 Å². The van der Waals surface area contributed by atoms with Gasteiger partial charge in [0.05, 0.1) is 27.3 Å². The molecular formula is C20H20N2O5. The van der Waals surface area contributed by atoms with Gasteiger partial charge in [0.25, 0.3) is 0 Å². The van der Waals surface area contributed by atoms with Crippen LogP contribution in [0.3, 0.4) is 0 Å². The Hall–Kier alpha value is -3.35. The van der Waals surface area contributed by atoms with Gasteiger partial charge in [-0.1, -0.05) is 24.3 Å². The highest BCUT2D eigenvalue weighted by Gasteiger charge is 2.37. The molecule has 0 saturated carbocycles. The number of amides is 4. The third-order valence-electron chi connectivity index (χ3n) is 4.37. The molecule has 0 atom stereocenters. The number of methoxy groups -OCH3 is 2. The molecule has 1 fully saturated rings. The first-order valence-electron chi connectivity index (χ1n) is 8.42. The molecule has 0 radical (unpaired) electrons. The van der Waals surface area contributed by atoms with E-state index in [-0.39, 0.29) is 19.5 Å². The SMILES string of the molecule is COc1ccc(CN2C(=O)CC(=O)N(Cc3ccc(OC)cc3)C2=O)cc1. The van der Waals surface area contributed by atoms with Crippen LogP contribution < -0.4 is 9.47 Å². The van der Waals surface area contributed by atoms with Crippen LogP contribution in [0.4, 0.5) is 4.79 Å². The molecule has 2 aromatic rings. The summed E-state index contributed by atoms with van der Waals surface area (Å²) in [6.45, 7) is 0.210. The van der Waals surface area contributed by atoms with E-state index in [9.17, 15) is 14.4 Å². The molecule has 0 aliphatic carbocycles. The second-order valence-corrected chi connectivity index (χ2v) is 6.12.